The van der Waals surface area contributed by atoms with Crippen LogP contribution >= 0.6 is 0 Å². The number of rotatable bonds is 4. The summed E-state index contributed by atoms with van der Waals surface area (Å²) < 4.78 is 26.3. The second-order valence-corrected chi connectivity index (χ2v) is 6.91. The van der Waals surface area contributed by atoms with E-state index in [4.69, 9.17) is 0 Å². The number of benzene rings is 1. The van der Waals surface area contributed by atoms with Crippen molar-refractivity contribution < 1.29 is 8.42 Å². The zero-order valence-electron chi connectivity index (χ0n) is 12.1. The molecule has 0 aliphatic rings. The lowest BCUT2D eigenvalue weighted by Gasteiger charge is -2.24. The number of hydrogen-bond donors (Lipinski definition) is 1. The van der Waals surface area contributed by atoms with E-state index in [1.54, 1.807) is 14.0 Å². The van der Waals surface area contributed by atoms with E-state index in [1.165, 1.54) is 10.5 Å². The SMILES string of the molecule is Cc1ccc(C(C)N(C)S(=O)(=O)c2cnc(C)[nH]2)cc1. The molecule has 0 amide bonds. The molecule has 1 unspecified atom stereocenters. The maximum Gasteiger partial charge on any atom is 0.260 e. The van der Waals surface area contributed by atoms with Crippen LogP contribution in [0.25, 0.3) is 0 Å². The first-order chi connectivity index (χ1) is 9.32. The van der Waals surface area contributed by atoms with Crippen molar-refractivity contribution in [1.82, 2.24) is 14.3 Å². The van der Waals surface area contributed by atoms with Gasteiger partial charge in [-0.25, -0.2) is 13.4 Å². The van der Waals surface area contributed by atoms with Gasteiger partial charge >= 0.3 is 0 Å². The van der Waals surface area contributed by atoms with E-state index in [0.717, 1.165) is 11.1 Å². The summed E-state index contributed by atoms with van der Waals surface area (Å²) >= 11 is 0. The molecular weight excluding hydrogens is 274 g/mol. The minimum Gasteiger partial charge on any atom is -0.332 e. The van der Waals surface area contributed by atoms with Gasteiger partial charge in [0, 0.05) is 13.1 Å². The fraction of sp³-hybridized carbons (Fsp3) is 0.357. The summed E-state index contributed by atoms with van der Waals surface area (Å²) in [5.41, 5.74) is 2.11. The standard InChI is InChI=1S/C14H19N3O2S/c1-10-5-7-13(8-6-10)11(2)17(4)20(18,19)14-9-15-12(3)16-14/h5-9,11H,1-4H3,(H,15,16). The molecule has 1 aromatic heterocycles. The van der Waals surface area contributed by atoms with E-state index in [1.807, 2.05) is 38.1 Å². The molecule has 0 saturated carbocycles. The van der Waals surface area contributed by atoms with E-state index in [-0.39, 0.29) is 11.1 Å². The van der Waals surface area contributed by atoms with Gasteiger partial charge in [0.1, 0.15) is 5.82 Å². The Balaban J connectivity index is 2.30. The lowest BCUT2D eigenvalue weighted by Crippen LogP contribution is -2.30. The molecule has 0 fully saturated rings. The summed E-state index contributed by atoms with van der Waals surface area (Å²) in [7, 11) is -1.98. The van der Waals surface area contributed by atoms with Gasteiger partial charge in [-0.15, -0.1) is 0 Å². The zero-order chi connectivity index (χ0) is 14.9. The summed E-state index contributed by atoms with van der Waals surface area (Å²) in [6.07, 6.45) is 1.35. The van der Waals surface area contributed by atoms with Crippen LogP contribution in [-0.2, 0) is 10.0 Å². The fourth-order valence-electron chi connectivity index (χ4n) is 1.95. The molecule has 1 N–H and O–H groups in total. The molecule has 0 spiro atoms. The number of sulfonamides is 1. The van der Waals surface area contributed by atoms with Crippen molar-refractivity contribution in [3.63, 3.8) is 0 Å². The molecule has 20 heavy (non-hydrogen) atoms. The van der Waals surface area contributed by atoms with Gasteiger partial charge in [0.15, 0.2) is 5.03 Å². The predicted molar refractivity (Wildman–Crippen MR) is 77.9 cm³/mol. The van der Waals surface area contributed by atoms with Crippen LogP contribution in [0, 0.1) is 13.8 Å². The molecule has 0 bridgehead atoms. The van der Waals surface area contributed by atoms with Gasteiger partial charge in [0.2, 0.25) is 0 Å². The normalized spacial score (nSPS) is 13.7. The van der Waals surface area contributed by atoms with Crippen molar-refractivity contribution in [2.45, 2.75) is 31.8 Å². The molecule has 108 valence electrons. The second-order valence-electron chi connectivity index (χ2n) is 4.94. The van der Waals surface area contributed by atoms with Gasteiger partial charge in [0.05, 0.1) is 6.20 Å². The number of hydrogen-bond acceptors (Lipinski definition) is 3. The molecule has 1 atom stereocenters. The minimum absolute atomic E-state index is 0.122. The summed E-state index contributed by atoms with van der Waals surface area (Å²) in [4.78, 5) is 6.72. The molecule has 1 aromatic carbocycles. The predicted octanol–water partition coefficient (Wildman–Crippen LogP) is 2.41. The molecule has 0 saturated heterocycles. The van der Waals surface area contributed by atoms with Crippen molar-refractivity contribution in [2.24, 2.45) is 0 Å². The Morgan fingerprint density at radius 2 is 1.80 bits per heavy atom. The highest BCUT2D eigenvalue weighted by atomic mass is 32.2. The highest BCUT2D eigenvalue weighted by Crippen LogP contribution is 2.25. The second kappa shape index (κ2) is 5.38. The van der Waals surface area contributed by atoms with Gasteiger partial charge in [-0.1, -0.05) is 29.8 Å². The van der Waals surface area contributed by atoms with Crippen LogP contribution < -0.4 is 0 Å². The molecule has 0 radical (unpaired) electrons. The molecule has 2 rings (SSSR count). The molecule has 6 heteroatoms. The average molecular weight is 293 g/mol. The van der Waals surface area contributed by atoms with Crippen molar-refractivity contribution in [3.8, 4) is 0 Å². The first-order valence-electron chi connectivity index (χ1n) is 6.38. The number of aromatic nitrogens is 2. The number of H-pyrrole nitrogens is 1. The molecule has 5 nitrogen and oxygen atoms in total. The lowest BCUT2D eigenvalue weighted by molar-refractivity contribution is 0.397. The van der Waals surface area contributed by atoms with E-state index >= 15 is 0 Å². The van der Waals surface area contributed by atoms with Crippen LogP contribution in [0.15, 0.2) is 35.5 Å². The molecule has 1 heterocycles. The Hall–Kier alpha value is -1.66. The van der Waals surface area contributed by atoms with Crippen LogP contribution in [0.1, 0.15) is 29.9 Å². The minimum atomic E-state index is -3.56. The van der Waals surface area contributed by atoms with Crippen molar-refractivity contribution in [1.29, 1.82) is 0 Å². The Bertz CT molecular complexity index is 689. The molecular formula is C14H19N3O2S. The smallest absolute Gasteiger partial charge is 0.260 e. The van der Waals surface area contributed by atoms with Crippen LogP contribution in [-0.4, -0.2) is 29.7 Å². The van der Waals surface area contributed by atoms with E-state index in [9.17, 15) is 8.42 Å². The summed E-state index contributed by atoms with van der Waals surface area (Å²) in [5.74, 6) is 0.583. The van der Waals surface area contributed by atoms with Crippen LogP contribution in [0.2, 0.25) is 0 Å². The molecule has 0 aliphatic heterocycles. The lowest BCUT2D eigenvalue weighted by atomic mass is 10.1. The Labute approximate surface area is 119 Å². The van der Waals surface area contributed by atoms with Crippen molar-refractivity contribution >= 4 is 10.0 Å². The number of aryl methyl sites for hydroxylation is 2. The number of imidazole rings is 1. The maximum absolute atomic E-state index is 12.5. The molecule has 2 aromatic rings. The quantitative estimate of drug-likeness (QED) is 0.941. The summed E-state index contributed by atoms with van der Waals surface area (Å²) in [5, 5.41) is 0.122. The third-order valence-corrected chi connectivity index (χ3v) is 5.28. The van der Waals surface area contributed by atoms with Crippen LogP contribution in [0.5, 0.6) is 0 Å². The highest BCUT2D eigenvalue weighted by molar-refractivity contribution is 7.89. The van der Waals surface area contributed by atoms with Gasteiger partial charge < -0.3 is 4.98 Å². The van der Waals surface area contributed by atoms with Crippen LogP contribution in [0.3, 0.4) is 0 Å². The summed E-state index contributed by atoms with van der Waals surface area (Å²) in [6.45, 7) is 5.59. The van der Waals surface area contributed by atoms with E-state index in [2.05, 4.69) is 9.97 Å². The van der Waals surface area contributed by atoms with Gasteiger partial charge in [-0.3, -0.25) is 0 Å². The number of nitrogens with one attached hydrogen (secondary N) is 1. The Morgan fingerprint density at radius 1 is 1.20 bits per heavy atom. The first kappa shape index (κ1) is 14.7. The first-order valence-corrected chi connectivity index (χ1v) is 7.82. The van der Waals surface area contributed by atoms with Crippen LogP contribution in [0.4, 0.5) is 0 Å². The average Bonchev–Trinajstić information content (AvgIpc) is 2.85. The monoisotopic (exact) mass is 293 g/mol. The van der Waals surface area contributed by atoms with Gasteiger partial charge in [-0.2, -0.15) is 4.31 Å². The largest absolute Gasteiger partial charge is 0.332 e. The number of nitrogens with zero attached hydrogens (tertiary/aromatic N) is 2. The fourth-order valence-corrected chi connectivity index (χ4v) is 3.26. The zero-order valence-corrected chi connectivity index (χ0v) is 12.9. The van der Waals surface area contributed by atoms with Gasteiger partial charge in [-0.05, 0) is 26.3 Å². The van der Waals surface area contributed by atoms with Gasteiger partial charge in [0.25, 0.3) is 10.0 Å². The highest BCUT2D eigenvalue weighted by Gasteiger charge is 2.27. The van der Waals surface area contributed by atoms with E-state index in [0.29, 0.717) is 5.82 Å². The topological polar surface area (TPSA) is 66.1 Å². The maximum atomic E-state index is 12.5. The van der Waals surface area contributed by atoms with Crippen molar-refractivity contribution in [2.75, 3.05) is 7.05 Å². The molecule has 0 aliphatic carbocycles. The number of aromatic amines is 1. The van der Waals surface area contributed by atoms with E-state index < -0.39 is 10.0 Å². The van der Waals surface area contributed by atoms with Crippen molar-refractivity contribution in [3.05, 3.63) is 47.4 Å². The Morgan fingerprint density at radius 3 is 2.30 bits per heavy atom. The Kier molecular flexibility index (Phi) is 3.96. The third kappa shape index (κ3) is 2.76. The third-order valence-electron chi connectivity index (χ3n) is 3.44. The summed E-state index contributed by atoms with van der Waals surface area (Å²) in [6, 6.07) is 7.61.